The van der Waals surface area contributed by atoms with Crippen LogP contribution in [0.25, 0.3) is 0 Å². The zero-order chi connectivity index (χ0) is 28.2. The number of aromatic nitrogens is 2. The molecule has 2 aliphatic rings. The molecule has 2 atom stereocenters. The second kappa shape index (κ2) is 12.4. The summed E-state index contributed by atoms with van der Waals surface area (Å²) in [6.07, 6.45) is 8.17. The summed E-state index contributed by atoms with van der Waals surface area (Å²) in [4.78, 5) is 27.0. The van der Waals surface area contributed by atoms with Crippen LogP contribution >= 0.6 is 23.2 Å². The van der Waals surface area contributed by atoms with E-state index in [1.165, 1.54) is 38.6 Å². The molecule has 2 aromatic rings. The number of anilines is 3. The molecule has 2 N–H and O–H groups in total. The van der Waals surface area contributed by atoms with Gasteiger partial charge in [0.1, 0.15) is 39.5 Å². The number of hydrogen-bond acceptors (Lipinski definition) is 8. The average molecular weight is 580 g/mol. The van der Waals surface area contributed by atoms with E-state index < -0.39 is 17.9 Å². The molecular weight excluding hydrogens is 548 g/mol. The minimum Gasteiger partial charge on any atom is -0.495 e. The molecule has 1 saturated heterocycles. The Morgan fingerprint density at radius 2 is 1.79 bits per heavy atom. The maximum atomic E-state index is 16.4. The number of likely N-dealkylation sites (N-methyl/N-ethyl adjacent to an activating group) is 1. The third kappa shape index (κ3) is 6.06. The molecule has 1 aliphatic heterocycles. The summed E-state index contributed by atoms with van der Waals surface area (Å²) < 4.78 is 26.9. The number of carbonyl (C=O) groups excluding carboxylic acids is 1. The largest absolute Gasteiger partial charge is 0.495 e. The van der Waals surface area contributed by atoms with Crippen molar-refractivity contribution in [2.24, 2.45) is 0 Å². The predicted molar refractivity (Wildman–Crippen MR) is 152 cm³/mol. The number of allylic oxidation sites excluding steroid dienone is 2. The molecule has 1 aromatic carbocycles. The van der Waals surface area contributed by atoms with E-state index in [2.05, 4.69) is 32.4 Å². The number of methoxy groups -OCH3 is 2. The molecule has 210 valence electrons. The fourth-order valence-electron chi connectivity index (χ4n) is 4.52. The van der Waals surface area contributed by atoms with Gasteiger partial charge in [0.15, 0.2) is 0 Å². The van der Waals surface area contributed by atoms with Crippen molar-refractivity contribution >= 4 is 46.6 Å². The third-order valence-corrected chi connectivity index (χ3v) is 7.65. The maximum Gasteiger partial charge on any atom is 0.327 e. The van der Waals surface area contributed by atoms with Gasteiger partial charge < -0.3 is 25.0 Å². The smallest absolute Gasteiger partial charge is 0.327 e. The minimum absolute atomic E-state index is 0.117. The highest BCUT2D eigenvalue weighted by Gasteiger charge is 2.43. The lowest BCUT2D eigenvalue weighted by Gasteiger charge is -2.45. The molecule has 0 radical (unpaired) electrons. The molecule has 10 nitrogen and oxygen atoms in total. The highest BCUT2D eigenvalue weighted by molar-refractivity contribution is 6.41. The summed E-state index contributed by atoms with van der Waals surface area (Å²) in [5, 5.41) is 6.09. The Bertz CT molecular complexity index is 1230. The lowest BCUT2D eigenvalue weighted by Crippen LogP contribution is -2.60. The van der Waals surface area contributed by atoms with Gasteiger partial charge in [0.25, 0.3) is 0 Å². The number of halogens is 3. The molecule has 1 fully saturated rings. The van der Waals surface area contributed by atoms with Gasteiger partial charge in [-0.1, -0.05) is 48.4 Å². The van der Waals surface area contributed by atoms with E-state index in [4.69, 9.17) is 32.7 Å². The SMILES string of the molecule is CCN1CCN(C2(F)C=CC=CC2Nc2cc(N(C)C(=O)Nc3c(Cl)c(OC)cc(OC)c3Cl)ncn2)CC1. The van der Waals surface area contributed by atoms with Crippen LogP contribution < -0.4 is 25.0 Å². The number of nitrogens with one attached hydrogen (secondary N) is 2. The van der Waals surface area contributed by atoms with Gasteiger partial charge in [-0.3, -0.25) is 9.80 Å². The van der Waals surface area contributed by atoms with E-state index in [0.717, 1.165) is 19.6 Å². The van der Waals surface area contributed by atoms with E-state index in [9.17, 15) is 4.79 Å². The average Bonchev–Trinajstić information content (AvgIpc) is 2.96. The standard InChI is InChI=1S/C26H32Cl2FN7O3/c1-5-35-10-12-36(13-11-35)26(29)9-7-6-8-19(26)32-20-15-21(31-16-30-20)34(2)25(37)33-24-22(27)17(38-3)14-18(39-4)23(24)28/h6-9,14-16,19H,5,10-13H2,1-4H3,(H,33,37)(H,30,31,32). The zero-order valence-electron chi connectivity index (χ0n) is 22.2. The van der Waals surface area contributed by atoms with Crippen molar-refractivity contribution < 1.29 is 18.7 Å². The predicted octanol–water partition coefficient (Wildman–Crippen LogP) is 4.68. The first-order valence-corrected chi connectivity index (χ1v) is 13.2. The molecule has 1 aliphatic carbocycles. The maximum absolute atomic E-state index is 16.4. The molecule has 2 amide bonds. The molecule has 1 aromatic heterocycles. The summed E-state index contributed by atoms with van der Waals surface area (Å²) in [5.74, 6) is -0.544. The summed E-state index contributed by atoms with van der Waals surface area (Å²) in [6, 6.07) is 1.82. The number of urea groups is 1. The first-order chi connectivity index (χ1) is 18.7. The van der Waals surface area contributed by atoms with E-state index >= 15 is 4.39 Å². The van der Waals surface area contributed by atoms with Crippen LogP contribution in [0, 0.1) is 0 Å². The Morgan fingerprint density at radius 3 is 2.41 bits per heavy atom. The van der Waals surface area contributed by atoms with Gasteiger partial charge in [-0.2, -0.15) is 0 Å². The number of ether oxygens (including phenoxy) is 2. The van der Waals surface area contributed by atoms with Gasteiger partial charge in [-0.25, -0.2) is 19.2 Å². The number of benzene rings is 1. The highest BCUT2D eigenvalue weighted by atomic mass is 35.5. The van der Waals surface area contributed by atoms with Crippen LogP contribution in [0.2, 0.25) is 10.0 Å². The van der Waals surface area contributed by atoms with E-state index in [-0.39, 0.29) is 33.0 Å². The van der Waals surface area contributed by atoms with Gasteiger partial charge in [0, 0.05) is 45.4 Å². The van der Waals surface area contributed by atoms with Crippen molar-refractivity contribution in [3.8, 4) is 11.5 Å². The summed E-state index contributed by atoms with van der Waals surface area (Å²) in [7, 11) is 4.41. The van der Waals surface area contributed by atoms with Crippen molar-refractivity contribution in [2.45, 2.75) is 18.8 Å². The summed E-state index contributed by atoms with van der Waals surface area (Å²) >= 11 is 12.8. The molecule has 13 heteroatoms. The van der Waals surface area contributed by atoms with Crippen molar-refractivity contribution in [3.63, 3.8) is 0 Å². The zero-order valence-corrected chi connectivity index (χ0v) is 23.8. The topological polar surface area (TPSA) is 95.1 Å². The molecule has 0 bridgehead atoms. The number of hydrogen-bond donors (Lipinski definition) is 2. The lowest BCUT2D eigenvalue weighted by atomic mass is 9.97. The van der Waals surface area contributed by atoms with Crippen LogP contribution in [0.1, 0.15) is 6.92 Å². The fraction of sp³-hybridized carbons (Fsp3) is 0.423. The Balaban J connectivity index is 1.50. The minimum atomic E-state index is -1.73. The van der Waals surface area contributed by atoms with Crippen molar-refractivity contribution in [2.75, 3.05) is 69.5 Å². The third-order valence-electron chi connectivity index (χ3n) is 6.89. The number of nitrogens with zero attached hydrogens (tertiary/aromatic N) is 5. The first kappa shape index (κ1) is 28.9. The van der Waals surface area contributed by atoms with Gasteiger partial charge in [-0.15, -0.1) is 0 Å². The molecular formula is C26H32Cl2FN7O3. The molecule has 39 heavy (non-hydrogen) atoms. The molecule has 0 spiro atoms. The monoisotopic (exact) mass is 579 g/mol. The highest BCUT2D eigenvalue weighted by Crippen LogP contribution is 2.44. The molecule has 0 saturated carbocycles. The number of alkyl halides is 1. The number of amides is 2. The number of carbonyl (C=O) groups is 1. The lowest BCUT2D eigenvalue weighted by molar-refractivity contribution is -0.0285. The second-order valence-corrected chi connectivity index (χ2v) is 9.81. The number of piperazine rings is 1. The van der Waals surface area contributed by atoms with Crippen molar-refractivity contribution in [1.29, 1.82) is 0 Å². The van der Waals surface area contributed by atoms with Crippen molar-refractivity contribution in [3.05, 3.63) is 52.8 Å². The van der Waals surface area contributed by atoms with Crippen LogP contribution in [0.4, 0.5) is 26.5 Å². The normalized spacial score (nSPS) is 21.5. The Hall–Kier alpha value is -3.12. The van der Waals surface area contributed by atoms with Crippen LogP contribution in [0.5, 0.6) is 11.5 Å². The van der Waals surface area contributed by atoms with Gasteiger partial charge in [0.05, 0.1) is 25.9 Å². The van der Waals surface area contributed by atoms with E-state index in [0.29, 0.717) is 18.9 Å². The molecule has 2 unspecified atom stereocenters. The van der Waals surface area contributed by atoms with E-state index in [1.807, 2.05) is 4.90 Å². The van der Waals surface area contributed by atoms with Gasteiger partial charge in [-0.05, 0) is 12.6 Å². The Labute approximate surface area is 237 Å². The van der Waals surface area contributed by atoms with Crippen LogP contribution in [0.15, 0.2) is 42.8 Å². The Kier molecular flexibility index (Phi) is 9.16. The quantitative estimate of drug-likeness (QED) is 0.435. The van der Waals surface area contributed by atoms with Crippen molar-refractivity contribution in [1.82, 2.24) is 19.8 Å². The van der Waals surface area contributed by atoms with Crippen LogP contribution in [-0.2, 0) is 0 Å². The summed E-state index contributed by atoms with van der Waals surface area (Å²) in [6.45, 7) is 5.88. The molecule has 2 heterocycles. The summed E-state index contributed by atoms with van der Waals surface area (Å²) in [5.41, 5.74) is 0.128. The van der Waals surface area contributed by atoms with Crippen LogP contribution in [-0.4, -0.2) is 91.6 Å². The molecule has 4 rings (SSSR count). The van der Waals surface area contributed by atoms with E-state index in [1.54, 1.807) is 30.4 Å². The van der Waals surface area contributed by atoms with Gasteiger partial charge in [0.2, 0.25) is 5.79 Å². The van der Waals surface area contributed by atoms with Crippen LogP contribution in [0.3, 0.4) is 0 Å². The number of rotatable bonds is 8. The van der Waals surface area contributed by atoms with Gasteiger partial charge >= 0.3 is 6.03 Å². The first-order valence-electron chi connectivity index (χ1n) is 12.5. The fourth-order valence-corrected chi connectivity index (χ4v) is 5.12. The second-order valence-electron chi connectivity index (χ2n) is 9.05. The Morgan fingerprint density at radius 1 is 1.13 bits per heavy atom.